The molecule has 6 heteroatoms. The van der Waals surface area contributed by atoms with Crippen LogP contribution in [-0.2, 0) is 0 Å². The van der Waals surface area contributed by atoms with Crippen molar-refractivity contribution in [3.63, 3.8) is 0 Å². The summed E-state index contributed by atoms with van der Waals surface area (Å²) in [5.74, 6) is 0.127. The molecule has 0 amide bonds. The summed E-state index contributed by atoms with van der Waals surface area (Å²) < 4.78 is 0. The van der Waals surface area contributed by atoms with Gasteiger partial charge in [-0.05, 0) is 18.9 Å². The second-order valence-electron chi connectivity index (χ2n) is 5.02. The summed E-state index contributed by atoms with van der Waals surface area (Å²) in [5.41, 5.74) is 1.20. The predicted octanol–water partition coefficient (Wildman–Crippen LogP) is 3.02. The molecule has 1 aliphatic rings. The number of rotatable bonds is 5. The van der Waals surface area contributed by atoms with E-state index in [0.29, 0.717) is 5.56 Å². The highest BCUT2D eigenvalue weighted by atomic mass is 35.5. The van der Waals surface area contributed by atoms with Crippen molar-refractivity contribution in [2.45, 2.75) is 18.9 Å². The second kappa shape index (κ2) is 10.5. The Kier molecular flexibility index (Phi) is 9.88. The minimum absolute atomic E-state index is 0. The van der Waals surface area contributed by atoms with Gasteiger partial charge >= 0.3 is 0 Å². The number of benzene rings is 1. The van der Waals surface area contributed by atoms with Crippen molar-refractivity contribution in [3.05, 3.63) is 42.0 Å². The average Bonchev–Trinajstić information content (AvgIpc) is 2.50. The molecule has 0 radical (unpaired) electrons. The molecule has 2 rings (SSSR count). The highest BCUT2D eigenvalue weighted by Gasteiger charge is 2.24. The zero-order valence-corrected chi connectivity index (χ0v) is 14.1. The van der Waals surface area contributed by atoms with Crippen LogP contribution in [0.25, 0.3) is 0 Å². The van der Waals surface area contributed by atoms with E-state index in [2.05, 4.69) is 16.8 Å². The fourth-order valence-corrected chi connectivity index (χ4v) is 2.72. The van der Waals surface area contributed by atoms with Crippen molar-refractivity contribution in [1.82, 2.24) is 10.2 Å². The number of hydrogen-bond donors (Lipinski definition) is 2. The van der Waals surface area contributed by atoms with Gasteiger partial charge in [0.25, 0.3) is 0 Å². The van der Waals surface area contributed by atoms with E-state index in [-0.39, 0.29) is 36.6 Å². The Morgan fingerprint density at radius 2 is 2.05 bits per heavy atom. The number of phenolic OH excluding ortho intramolecular Hbond substituents is 1. The van der Waals surface area contributed by atoms with Crippen molar-refractivity contribution in [1.29, 1.82) is 5.26 Å². The lowest BCUT2D eigenvalue weighted by Crippen LogP contribution is -2.45. The van der Waals surface area contributed by atoms with E-state index < -0.39 is 0 Å². The molecule has 4 nitrogen and oxygen atoms in total. The number of hydrogen-bond acceptors (Lipinski definition) is 4. The summed E-state index contributed by atoms with van der Waals surface area (Å²) in [5, 5.41) is 22.7. The van der Waals surface area contributed by atoms with Gasteiger partial charge in [0, 0.05) is 37.8 Å². The van der Waals surface area contributed by atoms with Crippen LogP contribution < -0.4 is 5.32 Å². The minimum atomic E-state index is 0. The molecule has 1 aliphatic heterocycles. The van der Waals surface area contributed by atoms with Crippen LogP contribution in [0.5, 0.6) is 5.75 Å². The van der Waals surface area contributed by atoms with Gasteiger partial charge in [-0.1, -0.05) is 18.2 Å². The standard InChI is InChI=1S/C16H21N3O.2ClH/c1-2-3-7-15(19-10-8-18-9-11-19)14-6-4-5-13(12-17)16(14)20;;/h2,4-6,15,18,20H,1,3,7-11H2;2*1H/t15-;;/m0../s1. The maximum atomic E-state index is 10.3. The van der Waals surface area contributed by atoms with Crippen LogP contribution in [0.4, 0.5) is 0 Å². The number of nitrogens with zero attached hydrogens (tertiary/aromatic N) is 2. The topological polar surface area (TPSA) is 59.3 Å². The van der Waals surface area contributed by atoms with Crippen molar-refractivity contribution < 1.29 is 5.11 Å². The third-order valence-electron chi connectivity index (χ3n) is 3.78. The number of piperazine rings is 1. The summed E-state index contributed by atoms with van der Waals surface area (Å²) in [6.07, 6.45) is 3.71. The van der Waals surface area contributed by atoms with Crippen LogP contribution >= 0.6 is 24.8 Å². The van der Waals surface area contributed by atoms with Gasteiger partial charge in [-0.15, -0.1) is 31.4 Å². The van der Waals surface area contributed by atoms with Gasteiger partial charge in [-0.2, -0.15) is 5.26 Å². The van der Waals surface area contributed by atoms with Crippen LogP contribution in [0.15, 0.2) is 30.9 Å². The number of phenols is 1. The largest absolute Gasteiger partial charge is 0.506 e. The molecule has 22 heavy (non-hydrogen) atoms. The van der Waals surface area contributed by atoms with E-state index in [4.69, 9.17) is 5.26 Å². The summed E-state index contributed by atoms with van der Waals surface area (Å²) in [7, 11) is 0. The SMILES string of the molecule is C=CCC[C@@H](c1cccc(C#N)c1O)N1CCNCC1.Cl.Cl. The maximum absolute atomic E-state index is 10.3. The molecule has 0 saturated carbocycles. The van der Waals surface area contributed by atoms with Gasteiger partial charge < -0.3 is 10.4 Å². The summed E-state index contributed by atoms with van der Waals surface area (Å²) in [6.45, 7) is 7.62. The monoisotopic (exact) mass is 343 g/mol. The first-order valence-corrected chi connectivity index (χ1v) is 7.05. The van der Waals surface area contributed by atoms with Crippen molar-refractivity contribution in [2.24, 2.45) is 0 Å². The zero-order chi connectivity index (χ0) is 14.4. The first kappa shape index (κ1) is 20.8. The molecular weight excluding hydrogens is 321 g/mol. The molecule has 1 atom stereocenters. The number of para-hydroxylation sites is 1. The van der Waals surface area contributed by atoms with E-state index in [1.54, 1.807) is 6.07 Å². The quantitative estimate of drug-likeness (QED) is 0.806. The van der Waals surface area contributed by atoms with Crippen molar-refractivity contribution >= 4 is 24.8 Å². The van der Waals surface area contributed by atoms with E-state index in [1.807, 2.05) is 24.3 Å². The van der Waals surface area contributed by atoms with Gasteiger partial charge in [-0.3, -0.25) is 4.90 Å². The molecule has 0 spiro atoms. The normalized spacial score (nSPS) is 15.8. The maximum Gasteiger partial charge on any atom is 0.138 e. The number of nitriles is 1. The number of aromatic hydroxyl groups is 1. The molecular formula is C16H23Cl2N3O. The van der Waals surface area contributed by atoms with Crippen molar-refractivity contribution in [2.75, 3.05) is 26.2 Å². The summed E-state index contributed by atoms with van der Waals surface area (Å²) in [4.78, 5) is 2.37. The Balaban J connectivity index is 0.00000220. The summed E-state index contributed by atoms with van der Waals surface area (Å²) in [6, 6.07) is 7.61. The molecule has 2 N–H and O–H groups in total. The lowest BCUT2D eigenvalue weighted by Gasteiger charge is -2.35. The van der Waals surface area contributed by atoms with E-state index in [0.717, 1.165) is 44.6 Å². The molecule has 1 fully saturated rings. The van der Waals surface area contributed by atoms with Crippen molar-refractivity contribution in [3.8, 4) is 11.8 Å². The van der Waals surface area contributed by atoms with E-state index in [9.17, 15) is 5.11 Å². The Bertz CT molecular complexity index is 511. The third kappa shape index (κ3) is 4.89. The summed E-state index contributed by atoms with van der Waals surface area (Å²) >= 11 is 0. The first-order chi connectivity index (χ1) is 9.77. The third-order valence-corrected chi connectivity index (χ3v) is 3.78. The first-order valence-electron chi connectivity index (χ1n) is 7.05. The minimum Gasteiger partial charge on any atom is -0.506 e. The second-order valence-corrected chi connectivity index (χ2v) is 5.02. The molecule has 122 valence electrons. The molecule has 1 aromatic carbocycles. The van der Waals surface area contributed by atoms with Gasteiger partial charge in [-0.25, -0.2) is 0 Å². The van der Waals surface area contributed by atoms with Gasteiger partial charge in [0.2, 0.25) is 0 Å². The van der Waals surface area contributed by atoms with E-state index in [1.165, 1.54) is 0 Å². The lowest BCUT2D eigenvalue weighted by atomic mass is 9.96. The van der Waals surface area contributed by atoms with Gasteiger partial charge in [0.05, 0.1) is 5.56 Å². The number of halogens is 2. The molecule has 0 aliphatic carbocycles. The number of allylic oxidation sites excluding steroid dienone is 1. The van der Waals surface area contributed by atoms with Gasteiger partial charge in [0.1, 0.15) is 11.8 Å². The number of nitrogens with one attached hydrogen (secondary N) is 1. The molecule has 0 unspecified atom stereocenters. The van der Waals surface area contributed by atoms with Crippen LogP contribution in [0, 0.1) is 11.3 Å². The molecule has 1 saturated heterocycles. The molecule has 1 heterocycles. The average molecular weight is 344 g/mol. The lowest BCUT2D eigenvalue weighted by molar-refractivity contribution is 0.163. The smallest absolute Gasteiger partial charge is 0.138 e. The Hall–Kier alpha value is -1.25. The Morgan fingerprint density at radius 3 is 2.64 bits per heavy atom. The highest BCUT2D eigenvalue weighted by molar-refractivity contribution is 5.85. The molecule has 0 aromatic heterocycles. The fourth-order valence-electron chi connectivity index (χ4n) is 2.72. The van der Waals surface area contributed by atoms with Crippen LogP contribution in [-0.4, -0.2) is 36.2 Å². The zero-order valence-electron chi connectivity index (χ0n) is 12.5. The Labute approximate surface area is 144 Å². The van der Waals surface area contributed by atoms with Crippen LogP contribution in [0.1, 0.15) is 30.0 Å². The fraction of sp³-hybridized carbons (Fsp3) is 0.438. The molecule has 1 aromatic rings. The van der Waals surface area contributed by atoms with Crippen LogP contribution in [0.3, 0.4) is 0 Å². The highest BCUT2D eigenvalue weighted by Crippen LogP contribution is 2.34. The van der Waals surface area contributed by atoms with E-state index >= 15 is 0 Å². The molecule has 0 bridgehead atoms. The Morgan fingerprint density at radius 1 is 1.36 bits per heavy atom. The van der Waals surface area contributed by atoms with Gasteiger partial charge in [0.15, 0.2) is 0 Å². The predicted molar refractivity (Wildman–Crippen MR) is 93.9 cm³/mol. The van der Waals surface area contributed by atoms with Crippen LogP contribution in [0.2, 0.25) is 0 Å².